The fourth-order valence-electron chi connectivity index (χ4n) is 1.66. The third kappa shape index (κ3) is 2.29. The maximum Gasteiger partial charge on any atom is 0.298 e. The summed E-state index contributed by atoms with van der Waals surface area (Å²) in [6.45, 7) is 8.72. The van der Waals surface area contributed by atoms with Gasteiger partial charge in [0.15, 0.2) is 18.8 Å². The zero-order valence-electron chi connectivity index (χ0n) is 8.09. The Morgan fingerprint density at radius 2 is 2.08 bits per heavy atom. The van der Waals surface area contributed by atoms with Gasteiger partial charge in [0.1, 0.15) is 0 Å². The molecule has 0 aromatic rings. The van der Waals surface area contributed by atoms with E-state index in [1.807, 2.05) is 0 Å². The van der Waals surface area contributed by atoms with E-state index in [-0.39, 0.29) is 4.66 Å². The predicted molar refractivity (Wildman–Crippen MR) is 56.0 cm³/mol. The minimum atomic E-state index is -2.08. The Morgan fingerprint density at radius 1 is 1.50 bits per heavy atom. The first-order valence-electron chi connectivity index (χ1n) is 4.27. The Hall–Kier alpha value is 0.584. The summed E-state index contributed by atoms with van der Waals surface area (Å²) < 4.78 is 22.0. The molecular formula is C6H17O3PSi2. The maximum atomic E-state index is 11.1. The molecule has 1 aliphatic rings. The molecule has 0 saturated carbocycles. The fraction of sp³-hybridized carbons (Fsp3) is 1.00. The van der Waals surface area contributed by atoms with E-state index < -0.39 is 27.1 Å². The number of rotatable bonds is 1. The molecule has 0 bridgehead atoms. The Bertz CT molecular complexity index is 195. The summed E-state index contributed by atoms with van der Waals surface area (Å²) in [4.78, 5) is 0. The lowest BCUT2D eigenvalue weighted by atomic mass is 10.5. The lowest BCUT2D eigenvalue weighted by Crippen LogP contribution is -2.40. The van der Waals surface area contributed by atoms with Gasteiger partial charge in [0.2, 0.25) is 0 Å². The summed E-state index contributed by atoms with van der Waals surface area (Å²) in [5.74, 6) is 0. The molecule has 6 heteroatoms. The highest BCUT2D eigenvalue weighted by molar-refractivity contribution is 7.37. The highest BCUT2D eigenvalue weighted by Crippen LogP contribution is 2.45. The van der Waals surface area contributed by atoms with Crippen LogP contribution in [-0.2, 0) is 13.0 Å². The molecule has 2 atom stereocenters. The first-order chi connectivity index (χ1) is 5.43. The van der Waals surface area contributed by atoms with Crippen molar-refractivity contribution in [2.45, 2.75) is 37.9 Å². The predicted octanol–water partition coefficient (Wildman–Crippen LogP) is 1.38. The van der Waals surface area contributed by atoms with E-state index in [2.05, 4.69) is 27.7 Å². The van der Waals surface area contributed by atoms with Crippen molar-refractivity contribution in [1.82, 2.24) is 0 Å². The first kappa shape index (κ1) is 10.7. The van der Waals surface area contributed by atoms with Crippen molar-refractivity contribution in [2.75, 3.05) is 0 Å². The molecule has 0 N–H and O–H groups in total. The maximum absolute atomic E-state index is 11.1. The van der Waals surface area contributed by atoms with Crippen molar-refractivity contribution in [3.8, 4) is 0 Å². The van der Waals surface area contributed by atoms with Crippen molar-refractivity contribution in [1.29, 1.82) is 0 Å². The molecule has 0 aliphatic carbocycles. The lowest BCUT2D eigenvalue weighted by molar-refractivity contribution is 0.389. The minimum absolute atomic E-state index is 0.257. The average molecular weight is 224 g/mol. The van der Waals surface area contributed by atoms with Crippen molar-refractivity contribution >= 4 is 27.1 Å². The van der Waals surface area contributed by atoms with Crippen LogP contribution in [0.1, 0.15) is 27.7 Å². The van der Waals surface area contributed by atoms with Gasteiger partial charge >= 0.3 is 0 Å². The van der Waals surface area contributed by atoms with E-state index in [0.29, 0.717) is 5.54 Å². The molecular weight excluding hydrogens is 207 g/mol. The normalized spacial score (nSPS) is 37.4. The SMILES string of the molecule is CC(C)[SiH]1O[PH](=O)O[SiH2]C1(C)C. The smallest absolute Gasteiger partial charge is 0.298 e. The molecule has 0 radical (unpaired) electrons. The Morgan fingerprint density at radius 3 is 2.50 bits per heavy atom. The second-order valence-electron chi connectivity index (χ2n) is 4.31. The van der Waals surface area contributed by atoms with Crippen molar-refractivity contribution in [3.05, 3.63) is 0 Å². The monoisotopic (exact) mass is 224 g/mol. The van der Waals surface area contributed by atoms with Crippen LogP contribution < -0.4 is 0 Å². The zero-order chi connectivity index (χ0) is 9.35. The Labute approximate surface area is 78.5 Å². The van der Waals surface area contributed by atoms with Gasteiger partial charge in [-0.15, -0.1) is 0 Å². The summed E-state index contributed by atoms with van der Waals surface area (Å²) in [5.41, 5.74) is 0.561. The molecule has 0 aromatic heterocycles. The molecule has 0 spiro atoms. The van der Waals surface area contributed by atoms with Gasteiger partial charge in [-0.3, -0.25) is 4.57 Å². The van der Waals surface area contributed by atoms with Gasteiger partial charge in [-0.2, -0.15) is 0 Å². The minimum Gasteiger partial charge on any atom is -0.361 e. The lowest BCUT2D eigenvalue weighted by Gasteiger charge is -2.37. The summed E-state index contributed by atoms with van der Waals surface area (Å²) in [7, 11) is -4.01. The van der Waals surface area contributed by atoms with Crippen LogP contribution in [0, 0.1) is 0 Å². The van der Waals surface area contributed by atoms with E-state index in [1.165, 1.54) is 0 Å². The van der Waals surface area contributed by atoms with Crippen LogP contribution in [0.3, 0.4) is 0 Å². The molecule has 1 heterocycles. The van der Waals surface area contributed by atoms with Crippen LogP contribution in [-0.4, -0.2) is 18.8 Å². The van der Waals surface area contributed by atoms with E-state index in [9.17, 15) is 4.57 Å². The zero-order valence-corrected chi connectivity index (χ0v) is 11.7. The van der Waals surface area contributed by atoms with Crippen LogP contribution in [0.2, 0.25) is 10.2 Å². The second-order valence-corrected chi connectivity index (χ2v) is 13.6. The van der Waals surface area contributed by atoms with Gasteiger partial charge in [0.05, 0.1) is 0 Å². The standard InChI is InChI=1S/C6H17O3PSi2/c1-5(2)12-6(3,4)11-8-10(7)9-12/h5,10,12H,11H2,1-4H3. The third-order valence-corrected chi connectivity index (χ3v) is 10.7. The summed E-state index contributed by atoms with van der Waals surface area (Å²) in [6.07, 6.45) is 0. The second kappa shape index (κ2) is 3.76. The van der Waals surface area contributed by atoms with Crippen molar-refractivity contribution in [3.63, 3.8) is 0 Å². The molecule has 0 aromatic carbocycles. The van der Waals surface area contributed by atoms with Gasteiger partial charge in [0.25, 0.3) is 8.25 Å². The third-order valence-electron chi connectivity index (χ3n) is 2.16. The van der Waals surface area contributed by atoms with Crippen LogP contribution >= 0.6 is 8.25 Å². The highest BCUT2D eigenvalue weighted by Gasteiger charge is 2.41. The van der Waals surface area contributed by atoms with Crippen LogP contribution in [0.4, 0.5) is 0 Å². The number of hydrogen-bond acceptors (Lipinski definition) is 3. The van der Waals surface area contributed by atoms with E-state index in [0.717, 1.165) is 0 Å². The van der Waals surface area contributed by atoms with E-state index in [4.69, 9.17) is 8.43 Å². The summed E-state index contributed by atoms with van der Waals surface area (Å²) in [6, 6.07) is 0. The fourth-order valence-corrected chi connectivity index (χ4v) is 13.1. The largest absolute Gasteiger partial charge is 0.361 e. The van der Waals surface area contributed by atoms with Crippen molar-refractivity contribution in [2.24, 2.45) is 0 Å². The van der Waals surface area contributed by atoms with Crippen LogP contribution in [0.25, 0.3) is 0 Å². The van der Waals surface area contributed by atoms with E-state index in [1.54, 1.807) is 0 Å². The summed E-state index contributed by atoms with van der Waals surface area (Å²) >= 11 is 0. The molecule has 72 valence electrons. The molecule has 1 fully saturated rings. The first-order valence-corrected chi connectivity index (χ1v) is 8.49. The Balaban J connectivity index is 2.72. The highest BCUT2D eigenvalue weighted by atomic mass is 31.1. The molecule has 1 saturated heterocycles. The summed E-state index contributed by atoms with van der Waals surface area (Å²) in [5, 5.41) is 0. The topological polar surface area (TPSA) is 35.5 Å². The van der Waals surface area contributed by atoms with Crippen LogP contribution in [0.5, 0.6) is 0 Å². The molecule has 2 unspecified atom stereocenters. The van der Waals surface area contributed by atoms with Gasteiger partial charge in [-0.25, -0.2) is 0 Å². The molecule has 0 amide bonds. The molecule has 3 nitrogen and oxygen atoms in total. The average Bonchev–Trinajstić information content (AvgIpc) is 1.94. The van der Waals surface area contributed by atoms with E-state index >= 15 is 0 Å². The molecule has 12 heavy (non-hydrogen) atoms. The van der Waals surface area contributed by atoms with Gasteiger partial charge in [0, 0.05) is 0 Å². The van der Waals surface area contributed by atoms with Crippen molar-refractivity contribution < 1.29 is 13.0 Å². The molecule has 1 rings (SSSR count). The van der Waals surface area contributed by atoms with Gasteiger partial charge in [-0.1, -0.05) is 27.7 Å². The molecule has 1 aliphatic heterocycles. The number of hydrogen-bond donors (Lipinski definition) is 0. The quantitative estimate of drug-likeness (QED) is 0.498. The van der Waals surface area contributed by atoms with Gasteiger partial charge in [-0.05, 0) is 10.2 Å². The van der Waals surface area contributed by atoms with Crippen LogP contribution in [0.15, 0.2) is 0 Å². The Kier molecular flexibility index (Phi) is 3.34. The van der Waals surface area contributed by atoms with Gasteiger partial charge < -0.3 is 8.43 Å².